The van der Waals surface area contributed by atoms with Gasteiger partial charge in [0.15, 0.2) is 0 Å². The van der Waals surface area contributed by atoms with E-state index in [0.29, 0.717) is 6.54 Å². The van der Waals surface area contributed by atoms with Crippen molar-refractivity contribution in [3.8, 4) is 0 Å². The summed E-state index contributed by atoms with van der Waals surface area (Å²) in [7, 11) is 0. The van der Waals surface area contributed by atoms with Gasteiger partial charge in [0, 0.05) is 25.3 Å². The van der Waals surface area contributed by atoms with Crippen LogP contribution in [0.5, 0.6) is 0 Å². The molecule has 2 aliphatic rings. The first kappa shape index (κ1) is 17.2. The predicted octanol–water partition coefficient (Wildman–Crippen LogP) is 2.70. The second kappa shape index (κ2) is 8.49. The number of benzene rings is 1. The number of urea groups is 1. The fraction of sp³-hybridized carbons (Fsp3) is 0.632. The van der Waals surface area contributed by atoms with Gasteiger partial charge in [0.1, 0.15) is 0 Å². The molecule has 0 spiro atoms. The van der Waals surface area contributed by atoms with E-state index in [-0.39, 0.29) is 12.1 Å². The smallest absolute Gasteiger partial charge is 0.321 e. The van der Waals surface area contributed by atoms with E-state index in [0.717, 1.165) is 38.0 Å². The number of likely N-dealkylation sites (tertiary alicyclic amines) is 2. The van der Waals surface area contributed by atoms with Crippen LogP contribution >= 0.6 is 0 Å². The van der Waals surface area contributed by atoms with Crippen molar-refractivity contribution in [1.82, 2.24) is 9.80 Å². The van der Waals surface area contributed by atoms with Crippen LogP contribution in [-0.2, 0) is 6.42 Å². The van der Waals surface area contributed by atoms with E-state index in [9.17, 15) is 9.90 Å². The van der Waals surface area contributed by atoms with Gasteiger partial charge in [-0.3, -0.25) is 0 Å². The van der Waals surface area contributed by atoms with Crippen LogP contribution in [0.15, 0.2) is 24.3 Å². The number of aliphatic hydroxyl groups excluding tert-OH is 1. The molecule has 132 valence electrons. The van der Waals surface area contributed by atoms with Crippen LogP contribution in [0.3, 0.4) is 0 Å². The maximum Gasteiger partial charge on any atom is 0.321 e. The van der Waals surface area contributed by atoms with Gasteiger partial charge in [-0.15, -0.1) is 0 Å². The van der Waals surface area contributed by atoms with Crippen LogP contribution in [0.4, 0.5) is 10.5 Å². The van der Waals surface area contributed by atoms with Gasteiger partial charge in [0.25, 0.3) is 0 Å². The van der Waals surface area contributed by atoms with Crippen LogP contribution in [0.2, 0.25) is 0 Å². The highest BCUT2D eigenvalue weighted by Crippen LogP contribution is 2.15. The lowest BCUT2D eigenvalue weighted by molar-refractivity contribution is 0.0883. The zero-order valence-electron chi connectivity index (χ0n) is 14.4. The van der Waals surface area contributed by atoms with Crippen LogP contribution < -0.4 is 5.32 Å². The highest BCUT2D eigenvalue weighted by molar-refractivity contribution is 5.89. The average molecular weight is 331 g/mol. The summed E-state index contributed by atoms with van der Waals surface area (Å²) in [4.78, 5) is 16.5. The molecule has 5 heteroatoms. The molecule has 0 bridgehead atoms. The van der Waals surface area contributed by atoms with Crippen molar-refractivity contribution >= 4 is 11.7 Å². The van der Waals surface area contributed by atoms with E-state index in [1.807, 2.05) is 12.1 Å². The number of carbonyl (C=O) groups excluding carboxylic acids is 1. The molecule has 0 radical (unpaired) electrons. The average Bonchev–Trinajstić information content (AvgIpc) is 2.62. The number of carbonyl (C=O) groups is 1. The minimum atomic E-state index is -0.387. The summed E-state index contributed by atoms with van der Waals surface area (Å²) in [6, 6.07) is 8.04. The van der Waals surface area contributed by atoms with Gasteiger partial charge in [-0.05, 0) is 62.9 Å². The quantitative estimate of drug-likeness (QED) is 0.892. The van der Waals surface area contributed by atoms with Gasteiger partial charge in [-0.2, -0.15) is 0 Å². The number of anilines is 1. The Balaban J connectivity index is 1.46. The van der Waals surface area contributed by atoms with E-state index >= 15 is 0 Å². The molecule has 2 heterocycles. The summed E-state index contributed by atoms with van der Waals surface area (Å²) in [6.45, 7) is 4.74. The maximum absolute atomic E-state index is 12.2. The third-order valence-corrected chi connectivity index (χ3v) is 5.05. The second-order valence-electron chi connectivity index (χ2n) is 7.02. The summed E-state index contributed by atoms with van der Waals surface area (Å²) in [5, 5.41) is 12.6. The first-order chi connectivity index (χ1) is 11.7. The number of β-amino-alcohol motifs (C(OH)–C–C–N with tert-alkyl or cyclic N) is 1. The molecule has 0 aliphatic carbocycles. The van der Waals surface area contributed by atoms with E-state index in [1.54, 1.807) is 4.90 Å². The molecule has 2 fully saturated rings. The maximum atomic E-state index is 12.2. The molecule has 1 aromatic rings. The zero-order chi connectivity index (χ0) is 16.8. The molecule has 0 saturated carbocycles. The third kappa shape index (κ3) is 4.95. The van der Waals surface area contributed by atoms with Crippen molar-refractivity contribution in [2.75, 3.05) is 38.0 Å². The Morgan fingerprint density at radius 2 is 1.83 bits per heavy atom. The SMILES string of the molecule is O=C(Nc1ccc(CCN2CCCCC2)cc1)N1CCC[C@H](O)C1. The number of hydrogen-bond donors (Lipinski definition) is 2. The summed E-state index contributed by atoms with van der Waals surface area (Å²) >= 11 is 0. The van der Waals surface area contributed by atoms with Crippen molar-refractivity contribution < 1.29 is 9.90 Å². The van der Waals surface area contributed by atoms with Crippen LogP contribution in [0.1, 0.15) is 37.7 Å². The van der Waals surface area contributed by atoms with Crippen molar-refractivity contribution in [2.24, 2.45) is 0 Å². The topological polar surface area (TPSA) is 55.8 Å². The lowest BCUT2D eigenvalue weighted by Crippen LogP contribution is -2.44. The molecule has 0 aromatic heterocycles. The Bertz CT molecular complexity index is 526. The Labute approximate surface area is 144 Å². The lowest BCUT2D eigenvalue weighted by Gasteiger charge is -2.30. The summed E-state index contributed by atoms with van der Waals surface area (Å²) in [6.07, 6.45) is 6.36. The number of rotatable bonds is 4. The molecule has 3 rings (SSSR count). The normalized spacial score (nSPS) is 22.4. The van der Waals surface area contributed by atoms with Gasteiger partial charge in [0.05, 0.1) is 6.10 Å². The minimum absolute atomic E-state index is 0.116. The molecular weight excluding hydrogens is 302 g/mol. The molecule has 2 aliphatic heterocycles. The van der Waals surface area contributed by atoms with Crippen LogP contribution in [-0.4, -0.2) is 59.8 Å². The van der Waals surface area contributed by atoms with Crippen molar-refractivity contribution in [1.29, 1.82) is 0 Å². The zero-order valence-corrected chi connectivity index (χ0v) is 14.4. The molecule has 2 saturated heterocycles. The predicted molar refractivity (Wildman–Crippen MR) is 96.3 cm³/mol. The Hall–Kier alpha value is -1.59. The highest BCUT2D eigenvalue weighted by Gasteiger charge is 2.21. The molecule has 2 N–H and O–H groups in total. The van der Waals surface area contributed by atoms with Crippen LogP contribution in [0.25, 0.3) is 0 Å². The molecule has 2 amide bonds. The van der Waals surface area contributed by atoms with E-state index in [2.05, 4.69) is 22.3 Å². The molecule has 0 unspecified atom stereocenters. The van der Waals surface area contributed by atoms with Crippen molar-refractivity contribution in [3.05, 3.63) is 29.8 Å². The molecule has 1 atom stereocenters. The largest absolute Gasteiger partial charge is 0.391 e. The molecular formula is C19H29N3O2. The van der Waals surface area contributed by atoms with Gasteiger partial charge >= 0.3 is 6.03 Å². The van der Waals surface area contributed by atoms with E-state index in [4.69, 9.17) is 0 Å². The highest BCUT2D eigenvalue weighted by atomic mass is 16.3. The lowest BCUT2D eigenvalue weighted by atomic mass is 10.1. The third-order valence-electron chi connectivity index (χ3n) is 5.05. The second-order valence-corrected chi connectivity index (χ2v) is 7.02. The van der Waals surface area contributed by atoms with Gasteiger partial charge < -0.3 is 20.2 Å². The first-order valence-electron chi connectivity index (χ1n) is 9.26. The number of hydrogen-bond acceptors (Lipinski definition) is 3. The molecule has 5 nitrogen and oxygen atoms in total. The number of amides is 2. The minimum Gasteiger partial charge on any atom is -0.391 e. The summed E-state index contributed by atoms with van der Waals surface area (Å²) in [5.74, 6) is 0. The molecule has 1 aromatic carbocycles. The van der Waals surface area contributed by atoms with E-state index < -0.39 is 0 Å². The number of nitrogens with one attached hydrogen (secondary N) is 1. The Kier molecular flexibility index (Phi) is 6.10. The van der Waals surface area contributed by atoms with Gasteiger partial charge in [-0.1, -0.05) is 18.6 Å². The van der Waals surface area contributed by atoms with E-state index in [1.165, 1.54) is 37.9 Å². The van der Waals surface area contributed by atoms with Gasteiger partial charge in [0.2, 0.25) is 0 Å². The monoisotopic (exact) mass is 331 g/mol. The fourth-order valence-electron chi connectivity index (χ4n) is 3.57. The number of piperidine rings is 2. The fourth-order valence-corrected chi connectivity index (χ4v) is 3.57. The number of aliphatic hydroxyl groups is 1. The van der Waals surface area contributed by atoms with Crippen molar-refractivity contribution in [3.63, 3.8) is 0 Å². The van der Waals surface area contributed by atoms with Crippen molar-refractivity contribution in [2.45, 2.75) is 44.6 Å². The Morgan fingerprint density at radius 1 is 1.08 bits per heavy atom. The summed E-state index contributed by atoms with van der Waals surface area (Å²) in [5.41, 5.74) is 2.13. The summed E-state index contributed by atoms with van der Waals surface area (Å²) < 4.78 is 0. The van der Waals surface area contributed by atoms with Crippen LogP contribution in [0, 0.1) is 0 Å². The number of nitrogens with zero attached hydrogens (tertiary/aromatic N) is 2. The van der Waals surface area contributed by atoms with Gasteiger partial charge in [-0.25, -0.2) is 4.79 Å². The first-order valence-corrected chi connectivity index (χ1v) is 9.26. The Morgan fingerprint density at radius 3 is 2.54 bits per heavy atom. The molecule has 24 heavy (non-hydrogen) atoms. The standard InChI is InChI=1S/C19H29N3O2/c23-18-5-4-13-22(15-18)19(24)20-17-8-6-16(7-9-17)10-14-21-11-2-1-3-12-21/h6-9,18,23H,1-5,10-15H2,(H,20,24)/t18-/m0/s1.